The summed E-state index contributed by atoms with van der Waals surface area (Å²) in [6, 6.07) is 0. The topological polar surface area (TPSA) is 138 Å². The van der Waals surface area contributed by atoms with Crippen molar-refractivity contribution in [1.29, 1.82) is 0 Å². The summed E-state index contributed by atoms with van der Waals surface area (Å²) in [5.41, 5.74) is 0. The maximum Gasteiger partial charge on any atom is 3.00 e. The maximum atomic E-state index is 8.24. The van der Waals surface area contributed by atoms with E-state index in [1.165, 1.54) is 0 Å². The Morgan fingerprint density at radius 1 is 1.00 bits per heavy atom. The molecule has 0 bridgehead atoms. The first-order chi connectivity index (χ1) is 5.66. The summed E-state index contributed by atoms with van der Waals surface area (Å²) >= 11 is 0. The third-order valence-corrected chi connectivity index (χ3v) is 0. The first-order valence-corrected chi connectivity index (χ1v) is 2.31. The van der Waals surface area contributed by atoms with E-state index in [1.54, 1.807) is 6.92 Å². The molecular formula is C5H6N3O4Ti. The van der Waals surface area contributed by atoms with E-state index in [1.807, 2.05) is 0 Å². The molecule has 0 aliphatic rings. The summed E-state index contributed by atoms with van der Waals surface area (Å²) in [5, 5.41) is 27.9. The molecule has 0 unspecified atom stereocenters. The molecule has 0 aromatic carbocycles. The van der Waals surface area contributed by atoms with Crippen LogP contribution in [0.2, 0.25) is 0 Å². The van der Waals surface area contributed by atoms with Crippen LogP contribution in [-0.2, 0) is 36.1 Å². The van der Waals surface area contributed by atoms with Crippen LogP contribution >= 0.6 is 0 Å². The summed E-state index contributed by atoms with van der Waals surface area (Å²) in [4.78, 5) is 24.7. The number of carbonyl (C=O) groups excluding carboxylic acids is 3. The molecule has 1 N–H and O–H groups in total. The number of rotatable bonds is 0. The van der Waals surface area contributed by atoms with Crippen molar-refractivity contribution in [2.75, 3.05) is 6.61 Å². The second-order valence-electron chi connectivity index (χ2n) is 0.590. The van der Waals surface area contributed by atoms with Crippen molar-refractivity contribution in [2.24, 2.45) is 0 Å². The smallest absolute Gasteiger partial charge is 0.724 e. The number of aliphatic hydroxyl groups is 1. The maximum absolute atomic E-state index is 8.24. The van der Waals surface area contributed by atoms with Crippen LogP contribution in [0.5, 0.6) is 0 Å². The number of hydrogen-bond donors (Lipinski definition) is 1. The molecule has 8 heteroatoms. The molecule has 0 saturated carbocycles. The Balaban J connectivity index is -0.0000000213. The molecule has 0 spiro atoms. The Kier molecular flexibility index (Phi) is 301. The Labute approximate surface area is 89.6 Å². The Hall–Kier alpha value is -1.19. The van der Waals surface area contributed by atoms with Gasteiger partial charge in [0.25, 0.3) is 0 Å². The minimum Gasteiger partial charge on any atom is -0.724 e. The second kappa shape index (κ2) is 132. The fourth-order valence-corrected chi connectivity index (χ4v) is 0. The van der Waals surface area contributed by atoms with Gasteiger partial charge in [-0.15, -0.1) is 0 Å². The zero-order valence-corrected chi connectivity index (χ0v) is 8.28. The predicted octanol–water partition coefficient (Wildman–Crippen LogP) is -0.329. The summed E-state index contributed by atoms with van der Waals surface area (Å²) in [5.74, 6) is 0. The van der Waals surface area contributed by atoms with Gasteiger partial charge in [0, 0.05) is 6.61 Å². The van der Waals surface area contributed by atoms with Crippen LogP contribution in [0.1, 0.15) is 6.92 Å². The van der Waals surface area contributed by atoms with Crippen molar-refractivity contribution in [1.82, 2.24) is 0 Å². The molecule has 0 atom stereocenters. The van der Waals surface area contributed by atoms with E-state index in [2.05, 4.69) is 0 Å². The molecule has 0 saturated heterocycles. The monoisotopic (exact) mass is 220 g/mol. The normalized spacial score (nSPS) is 3.23. The summed E-state index contributed by atoms with van der Waals surface area (Å²) in [6.07, 6.45) is 1.50. The third kappa shape index (κ3) is 598. The SMILES string of the molecule is CCO.[N-]=C=O.[N-]=C=O.[N-]=C=O.[Ti+3]. The molecule has 0 heterocycles. The molecule has 0 aromatic rings. The minimum absolute atomic E-state index is 0. The van der Waals surface area contributed by atoms with Gasteiger partial charge in [-0.1, -0.05) is 0 Å². The van der Waals surface area contributed by atoms with E-state index >= 15 is 0 Å². The molecule has 7 nitrogen and oxygen atoms in total. The fourth-order valence-electron chi connectivity index (χ4n) is 0. The molecule has 13 heavy (non-hydrogen) atoms. The van der Waals surface area contributed by atoms with Crippen molar-refractivity contribution in [3.63, 3.8) is 0 Å². The average Bonchev–Trinajstić information content (AvgIpc) is 1.92. The zero-order chi connectivity index (χ0) is 10.8. The van der Waals surface area contributed by atoms with Crippen molar-refractivity contribution in [2.45, 2.75) is 6.92 Å². The number of nitrogens with zero attached hydrogens (tertiary/aromatic N) is 3. The van der Waals surface area contributed by atoms with Crippen molar-refractivity contribution in [3.05, 3.63) is 16.2 Å². The molecular weight excluding hydrogens is 214 g/mol. The van der Waals surface area contributed by atoms with Crippen LogP contribution in [0.4, 0.5) is 0 Å². The van der Waals surface area contributed by atoms with Gasteiger partial charge in [-0.25, -0.2) is 0 Å². The molecule has 0 aliphatic carbocycles. The van der Waals surface area contributed by atoms with Gasteiger partial charge in [0.05, 0.1) is 0 Å². The van der Waals surface area contributed by atoms with Gasteiger partial charge >= 0.3 is 21.7 Å². The molecule has 0 rings (SSSR count). The number of hydrogen-bond acceptors (Lipinski definition) is 4. The summed E-state index contributed by atoms with van der Waals surface area (Å²) < 4.78 is 0. The Bertz CT molecular complexity index is 127. The standard InChI is InChI=1S/C2H6O.3CNO.Ti/c1-2-3;3*2-1-3;/h3H,2H2,1H3;;;;/q;3*-1;+3. The Morgan fingerprint density at radius 2 is 1.00 bits per heavy atom. The van der Waals surface area contributed by atoms with E-state index in [0.717, 1.165) is 0 Å². The minimum atomic E-state index is 0. The molecule has 69 valence electrons. The number of isocyanates is 3. The van der Waals surface area contributed by atoms with Crippen molar-refractivity contribution in [3.8, 4) is 0 Å². The molecule has 0 aliphatic heterocycles. The average molecular weight is 220 g/mol. The van der Waals surface area contributed by atoms with Crippen molar-refractivity contribution < 1.29 is 41.2 Å². The van der Waals surface area contributed by atoms with E-state index < -0.39 is 0 Å². The second-order valence-corrected chi connectivity index (χ2v) is 0.590. The van der Waals surface area contributed by atoms with Crippen LogP contribution in [-0.4, -0.2) is 30.0 Å². The fraction of sp³-hybridized carbons (Fsp3) is 0.400. The van der Waals surface area contributed by atoms with E-state index in [0.29, 0.717) is 18.2 Å². The van der Waals surface area contributed by atoms with Crippen LogP contribution in [0.25, 0.3) is 16.2 Å². The van der Waals surface area contributed by atoms with Gasteiger partial charge in [-0.05, 0) is 25.2 Å². The van der Waals surface area contributed by atoms with Gasteiger partial charge < -0.3 is 21.3 Å². The van der Waals surface area contributed by atoms with Gasteiger partial charge in [-0.3, -0.25) is 14.4 Å². The van der Waals surface area contributed by atoms with Crippen molar-refractivity contribution >= 4 is 18.2 Å². The molecule has 0 aromatic heterocycles. The molecule has 0 fully saturated rings. The number of aliphatic hydroxyl groups excluding tert-OH is 1. The Morgan fingerprint density at radius 3 is 1.00 bits per heavy atom. The van der Waals surface area contributed by atoms with Crippen LogP contribution in [0.3, 0.4) is 0 Å². The summed E-state index contributed by atoms with van der Waals surface area (Å²) in [6.45, 7) is 1.93. The van der Waals surface area contributed by atoms with Crippen LogP contribution in [0, 0.1) is 0 Å². The van der Waals surface area contributed by atoms with E-state index in [9.17, 15) is 0 Å². The summed E-state index contributed by atoms with van der Waals surface area (Å²) in [7, 11) is 0. The molecule has 1 radical (unpaired) electrons. The van der Waals surface area contributed by atoms with Gasteiger partial charge in [0.2, 0.25) is 0 Å². The predicted molar refractivity (Wildman–Crippen MR) is 39.9 cm³/mol. The first kappa shape index (κ1) is 29.8. The van der Waals surface area contributed by atoms with Gasteiger partial charge in [-0.2, -0.15) is 0 Å². The molecule has 0 amide bonds. The van der Waals surface area contributed by atoms with Crippen LogP contribution < -0.4 is 0 Å². The third-order valence-electron chi connectivity index (χ3n) is 0. The largest absolute Gasteiger partial charge is 3.00 e. The van der Waals surface area contributed by atoms with E-state index in [-0.39, 0.29) is 28.3 Å². The van der Waals surface area contributed by atoms with Crippen LogP contribution in [0.15, 0.2) is 0 Å². The first-order valence-electron chi connectivity index (χ1n) is 2.31. The van der Waals surface area contributed by atoms with Gasteiger partial charge in [0.15, 0.2) is 0 Å². The zero-order valence-electron chi connectivity index (χ0n) is 6.72. The van der Waals surface area contributed by atoms with E-state index in [4.69, 9.17) is 35.7 Å². The quantitative estimate of drug-likeness (QED) is 0.339. The van der Waals surface area contributed by atoms with Gasteiger partial charge in [0.1, 0.15) is 0 Å².